The van der Waals surface area contributed by atoms with Gasteiger partial charge in [-0.3, -0.25) is 0 Å². The van der Waals surface area contributed by atoms with E-state index in [1.807, 2.05) is 0 Å². The molecule has 0 amide bonds. The molecule has 0 unspecified atom stereocenters. The predicted octanol–water partition coefficient (Wildman–Crippen LogP) is 8.94. The van der Waals surface area contributed by atoms with Crippen molar-refractivity contribution in [1.29, 1.82) is 0 Å². The molecule has 4 aromatic carbocycles. The van der Waals surface area contributed by atoms with Gasteiger partial charge in [-0.2, -0.15) is 0 Å². The molecule has 0 aliphatic heterocycles. The van der Waals surface area contributed by atoms with Crippen molar-refractivity contribution in [2.24, 2.45) is 0 Å². The summed E-state index contributed by atoms with van der Waals surface area (Å²) in [5.74, 6) is 0. The highest BCUT2D eigenvalue weighted by Crippen LogP contribution is 2.29. The van der Waals surface area contributed by atoms with Crippen LogP contribution in [0.3, 0.4) is 0 Å². The number of hydrogen-bond donors (Lipinski definition) is 0. The van der Waals surface area contributed by atoms with Gasteiger partial charge in [-0.05, 0) is 130 Å². The second-order valence-electron chi connectivity index (χ2n) is 8.30. The lowest BCUT2D eigenvalue weighted by atomic mass is 9.96. The Hall–Kier alpha value is -1.66. The fourth-order valence-electron chi connectivity index (χ4n) is 4.02. The van der Waals surface area contributed by atoms with Crippen molar-refractivity contribution >= 4 is 45.2 Å². The van der Waals surface area contributed by atoms with Gasteiger partial charge in [0.1, 0.15) is 0 Å². The first kappa shape index (κ1) is 22.5. The summed E-state index contributed by atoms with van der Waals surface area (Å²) in [5.41, 5.74) is 12.0. The summed E-state index contributed by atoms with van der Waals surface area (Å²) in [4.78, 5) is 0. The van der Waals surface area contributed by atoms with Crippen molar-refractivity contribution < 1.29 is 0 Å². The van der Waals surface area contributed by atoms with Gasteiger partial charge in [-0.1, -0.05) is 77.9 Å². The van der Waals surface area contributed by atoms with E-state index in [4.69, 9.17) is 0 Å². The highest BCUT2D eigenvalue weighted by molar-refractivity contribution is 14.1. The van der Waals surface area contributed by atoms with E-state index in [0.717, 1.165) is 12.8 Å². The van der Waals surface area contributed by atoms with Gasteiger partial charge in [-0.25, -0.2) is 0 Å². The highest BCUT2D eigenvalue weighted by Gasteiger charge is 2.08. The smallest absolute Gasteiger partial charge is 0.0211 e. The average Bonchev–Trinajstić information content (AvgIpc) is 2.74. The molecule has 156 valence electrons. The predicted molar refractivity (Wildman–Crippen MR) is 151 cm³/mol. The summed E-state index contributed by atoms with van der Waals surface area (Å²) in [6, 6.07) is 29.3. The van der Waals surface area contributed by atoms with E-state index in [-0.39, 0.29) is 0 Å². The van der Waals surface area contributed by atoms with Crippen molar-refractivity contribution in [1.82, 2.24) is 0 Å². The monoisotopic (exact) mass is 628 g/mol. The van der Waals surface area contributed by atoms with E-state index in [1.54, 1.807) is 0 Å². The maximum atomic E-state index is 2.49. The topological polar surface area (TPSA) is 0 Å². The van der Waals surface area contributed by atoms with Crippen LogP contribution in [0.5, 0.6) is 0 Å². The Kier molecular flexibility index (Phi) is 7.17. The fraction of sp³-hybridized carbons (Fsp3) is 0.172. The minimum Gasteiger partial charge on any atom is -0.0587 e. The Labute approximate surface area is 213 Å². The molecule has 0 nitrogen and oxygen atoms in total. The minimum absolute atomic E-state index is 1.06. The van der Waals surface area contributed by atoms with Gasteiger partial charge in [0, 0.05) is 7.14 Å². The molecule has 0 N–H and O–H groups in total. The SMILES string of the molecule is Cc1ccc(-c2ccc(CCc3ccc(-c4ccc(C)cc4C)cc3I)cc2I)cc1. The van der Waals surface area contributed by atoms with Gasteiger partial charge >= 0.3 is 0 Å². The lowest BCUT2D eigenvalue weighted by Crippen LogP contribution is -1.96. The van der Waals surface area contributed by atoms with Crippen molar-refractivity contribution in [3.63, 3.8) is 0 Å². The number of halogens is 2. The molecule has 0 spiro atoms. The molecular weight excluding hydrogens is 602 g/mol. The molecule has 0 saturated heterocycles. The van der Waals surface area contributed by atoms with E-state index in [9.17, 15) is 0 Å². The van der Waals surface area contributed by atoms with Crippen LogP contribution in [0.4, 0.5) is 0 Å². The number of rotatable bonds is 5. The number of aryl methyl sites for hydroxylation is 5. The summed E-state index contributed by atoms with van der Waals surface area (Å²) in [5, 5.41) is 0. The Morgan fingerprint density at radius 2 is 1.23 bits per heavy atom. The quantitative estimate of drug-likeness (QED) is 0.194. The van der Waals surface area contributed by atoms with Crippen molar-refractivity contribution in [2.45, 2.75) is 33.6 Å². The number of hydrogen-bond acceptors (Lipinski definition) is 0. The van der Waals surface area contributed by atoms with E-state index in [1.165, 1.54) is 57.2 Å². The molecule has 31 heavy (non-hydrogen) atoms. The lowest BCUT2D eigenvalue weighted by molar-refractivity contribution is 0.953. The fourth-order valence-corrected chi connectivity index (χ4v) is 5.69. The van der Waals surface area contributed by atoms with Crippen LogP contribution in [0, 0.1) is 27.9 Å². The van der Waals surface area contributed by atoms with E-state index in [0.29, 0.717) is 0 Å². The Morgan fingerprint density at radius 3 is 1.90 bits per heavy atom. The van der Waals surface area contributed by atoms with Crippen LogP contribution >= 0.6 is 45.2 Å². The Bertz CT molecular complexity index is 1220. The summed E-state index contributed by atoms with van der Waals surface area (Å²) in [7, 11) is 0. The minimum atomic E-state index is 1.06. The van der Waals surface area contributed by atoms with Gasteiger partial charge in [-0.15, -0.1) is 0 Å². The van der Waals surface area contributed by atoms with Gasteiger partial charge in [0.25, 0.3) is 0 Å². The highest BCUT2D eigenvalue weighted by atomic mass is 127. The van der Waals surface area contributed by atoms with Crippen molar-refractivity contribution in [2.75, 3.05) is 0 Å². The lowest BCUT2D eigenvalue weighted by Gasteiger charge is -2.12. The largest absolute Gasteiger partial charge is 0.0587 e. The molecule has 0 aliphatic carbocycles. The zero-order valence-electron chi connectivity index (χ0n) is 18.2. The first-order valence-electron chi connectivity index (χ1n) is 10.6. The standard InChI is InChI=1S/C29H26I2/c1-19-4-9-23(10-5-19)27-15-8-22(17-29(27)31)7-11-24-12-13-25(18-28(24)30)26-14-6-20(2)16-21(26)3/h4-6,8-10,12-18H,7,11H2,1-3H3. The molecule has 0 heterocycles. The molecule has 0 aromatic heterocycles. The van der Waals surface area contributed by atoms with Gasteiger partial charge in [0.15, 0.2) is 0 Å². The molecule has 0 saturated carbocycles. The molecule has 0 bridgehead atoms. The van der Waals surface area contributed by atoms with Crippen LogP contribution in [-0.2, 0) is 12.8 Å². The van der Waals surface area contributed by atoms with Crippen LogP contribution in [0.25, 0.3) is 22.3 Å². The third kappa shape index (κ3) is 5.40. The maximum Gasteiger partial charge on any atom is 0.0211 e. The van der Waals surface area contributed by atoms with Gasteiger partial charge in [0.2, 0.25) is 0 Å². The maximum absolute atomic E-state index is 2.49. The van der Waals surface area contributed by atoms with Crippen LogP contribution in [0.15, 0.2) is 78.9 Å². The summed E-state index contributed by atoms with van der Waals surface area (Å²) < 4.78 is 2.67. The summed E-state index contributed by atoms with van der Waals surface area (Å²) >= 11 is 4.97. The van der Waals surface area contributed by atoms with Crippen LogP contribution in [0.1, 0.15) is 27.8 Å². The Morgan fingerprint density at radius 1 is 0.548 bits per heavy atom. The molecule has 0 aliphatic rings. The molecular formula is C29H26I2. The van der Waals surface area contributed by atoms with E-state index >= 15 is 0 Å². The first-order valence-corrected chi connectivity index (χ1v) is 12.8. The van der Waals surface area contributed by atoms with Crippen LogP contribution < -0.4 is 0 Å². The molecule has 0 fully saturated rings. The van der Waals surface area contributed by atoms with Crippen molar-refractivity contribution in [3.8, 4) is 22.3 Å². The van der Waals surface area contributed by atoms with Gasteiger partial charge < -0.3 is 0 Å². The third-order valence-corrected chi connectivity index (χ3v) is 7.72. The van der Waals surface area contributed by atoms with Crippen LogP contribution in [0.2, 0.25) is 0 Å². The normalized spacial score (nSPS) is 11.0. The molecule has 0 radical (unpaired) electrons. The van der Waals surface area contributed by atoms with E-state index < -0.39 is 0 Å². The molecule has 0 atom stereocenters. The Balaban J connectivity index is 1.49. The second-order valence-corrected chi connectivity index (χ2v) is 10.6. The summed E-state index contributed by atoms with van der Waals surface area (Å²) in [6.07, 6.45) is 2.12. The molecule has 2 heteroatoms. The van der Waals surface area contributed by atoms with Gasteiger partial charge in [0.05, 0.1) is 0 Å². The third-order valence-electron chi connectivity index (χ3n) is 5.83. The second kappa shape index (κ2) is 9.86. The molecule has 4 aromatic rings. The first-order chi connectivity index (χ1) is 14.9. The average molecular weight is 628 g/mol. The van der Waals surface area contributed by atoms with Crippen molar-refractivity contribution in [3.05, 3.63) is 114 Å². The zero-order chi connectivity index (χ0) is 22.0. The number of benzene rings is 4. The van der Waals surface area contributed by atoms with Crippen LogP contribution in [-0.4, -0.2) is 0 Å². The van der Waals surface area contributed by atoms with E-state index in [2.05, 4.69) is 145 Å². The zero-order valence-corrected chi connectivity index (χ0v) is 22.5. The summed E-state index contributed by atoms with van der Waals surface area (Å²) in [6.45, 7) is 6.48. The molecule has 4 rings (SSSR count).